The van der Waals surface area contributed by atoms with Gasteiger partial charge in [-0.05, 0) is 61.5 Å². The van der Waals surface area contributed by atoms with Crippen molar-refractivity contribution in [3.05, 3.63) is 81.6 Å². The Morgan fingerprint density at radius 1 is 1.14 bits per heavy atom. The number of anilines is 1. The minimum Gasteiger partial charge on any atom is -0.324 e. The van der Waals surface area contributed by atoms with Gasteiger partial charge in [-0.3, -0.25) is 9.79 Å². The van der Waals surface area contributed by atoms with Crippen LogP contribution < -0.4 is 5.32 Å². The summed E-state index contributed by atoms with van der Waals surface area (Å²) < 4.78 is 0. The molecule has 1 aromatic heterocycles. The summed E-state index contributed by atoms with van der Waals surface area (Å²) in [7, 11) is 0. The minimum atomic E-state index is -0.325. The summed E-state index contributed by atoms with van der Waals surface area (Å²) in [6, 6.07) is 16.2. The maximum atomic E-state index is 12.5. The Hall–Kier alpha value is -2.05. The van der Waals surface area contributed by atoms with Crippen LogP contribution in [0.2, 0.25) is 15.2 Å². The van der Waals surface area contributed by atoms with Crippen molar-refractivity contribution in [1.82, 2.24) is 4.98 Å². The SMILES string of the molecule is C[C@@H](Sc1ccc(N=Cc2cccnc2Cl)cc1)C(=O)Nc1cc(Cl)ccc1Cl. The molecular weight excluding hydrogens is 449 g/mol. The molecule has 1 atom stereocenters. The maximum Gasteiger partial charge on any atom is 0.237 e. The van der Waals surface area contributed by atoms with Crippen molar-refractivity contribution in [2.75, 3.05) is 5.32 Å². The number of thioether (sulfide) groups is 1. The van der Waals surface area contributed by atoms with Gasteiger partial charge >= 0.3 is 0 Å². The molecule has 3 aromatic rings. The quantitative estimate of drug-likeness (QED) is 0.245. The summed E-state index contributed by atoms with van der Waals surface area (Å²) >= 11 is 19.5. The van der Waals surface area contributed by atoms with Gasteiger partial charge in [0.1, 0.15) is 5.15 Å². The van der Waals surface area contributed by atoms with Gasteiger partial charge in [-0.25, -0.2) is 4.98 Å². The molecule has 0 aliphatic heterocycles. The van der Waals surface area contributed by atoms with Crippen molar-refractivity contribution in [1.29, 1.82) is 0 Å². The second kappa shape index (κ2) is 10.1. The smallest absolute Gasteiger partial charge is 0.237 e. The van der Waals surface area contributed by atoms with E-state index < -0.39 is 0 Å². The number of carbonyl (C=O) groups excluding carboxylic acids is 1. The highest BCUT2D eigenvalue weighted by Crippen LogP contribution is 2.29. The van der Waals surface area contributed by atoms with Crippen molar-refractivity contribution in [3.63, 3.8) is 0 Å². The molecule has 0 saturated heterocycles. The number of benzene rings is 2. The molecule has 2 aromatic carbocycles. The van der Waals surface area contributed by atoms with Crippen LogP contribution in [0.15, 0.2) is 70.7 Å². The normalized spacial score (nSPS) is 12.1. The zero-order chi connectivity index (χ0) is 20.8. The molecule has 0 aliphatic carbocycles. The molecule has 0 bridgehead atoms. The fourth-order valence-corrected chi connectivity index (χ4v) is 3.71. The predicted octanol–water partition coefficient (Wildman–Crippen LogP) is 6.91. The maximum absolute atomic E-state index is 12.5. The van der Waals surface area contributed by atoms with Gasteiger partial charge in [0.25, 0.3) is 0 Å². The molecule has 4 nitrogen and oxygen atoms in total. The zero-order valence-corrected chi connectivity index (χ0v) is 18.4. The Labute approximate surface area is 188 Å². The van der Waals surface area contributed by atoms with E-state index in [1.165, 1.54) is 11.8 Å². The van der Waals surface area contributed by atoms with Gasteiger partial charge in [-0.15, -0.1) is 11.8 Å². The lowest BCUT2D eigenvalue weighted by atomic mass is 10.3. The van der Waals surface area contributed by atoms with E-state index in [1.807, 2.05) is 37.3 Å². The first-order valence-electron chi connectivity index (χ1n) is 8.59. The molecule has 148 valence electrons. The molecule has 8 heteroatoms. The molecule has 1 heterocycles. The summed E-state index contributed by atoms with van der Waals surface area (Å²) in [4.78, 5) is 21.8. The third-order valence-corrected chi connectivity index (χ3v) is 5.84. The monoisotopic (exact) mass is 463 g/mol. The van der Waals surface area contributed by atoms with Crippen LogP contribution in [-0.2, 0) is 4.79 Å². The van der Waals surface area contributed by atoms with Crippen molar-refractivity contribution >= 4 is 70.1 Å². The van der Waals surface area contributed by atoms with E-state index in [-0.39, 0.29) is 11.2 Å². The van der Waals surface area contributed by atoms with Crippen molar-refractivity contribution in [3.8, 4) is 0 Å². The van der Waals surface area contributed by atoms with Crippen LogP contribution in [0.25, 0.3) is 0 Å². The topological polar surface area (TPSA) is 54.4 Å². The molecule has 1 amide bonds. The number of pyridine rings is 1. The molecule has 0 aliphatic rings. The average molecular weight is 465 g/mol. The summed E-state index contributed by atoms with van der Waals surface area (Å²) in [5.74, 6) is -0.160. The second-order valence-corrected chi connectivity index (χ2v) is 8.62. The van der Waals surface area contributed by atoms with E-state index in [4.69, 9.17) is 34.8 Å². The van der Waals surface area contributed by atoms with Crippen LogP contribution in [0.3, 0.4) is 0 Å². The third-order valence-electron chi connectivity index (χ3n) is 3.85. The van der Waals surface area contributed by atoms with Gasteiger partial charge in [-0.1, -0.05) is 34.8 Å². The Kier molecular flexibility index (Phi) is 7.56. The highest BCUT2D eigenvalue weighted by Gasteiger charge is 2.16. The predicted molar refractivity (Wildman–Crippen MR) is 123 cm³/mol. The summed E-state index contributed by atoms with van der Waals surface area (Å²) in [5.41, 5.74) is 2.02. The van der Waals surface area contributed by atoms with Gasteiger partial charge in [0, 0.05) is 27.9 Å². The van der Waals surface area contributed by atoms with Crippen LogP contribution in [0, 0.1) is 0 Å². The fraction of sp³-hybridized carbons (Fsp3) is 0.0952. The van der Waals surface area contributed by atoms with Crippen molar-refractivity contribution in [2.45, 2.75) is 17.1 Å². The number of hydrogen-bond acceptors (Lipinski definition) is 4. The first-order valence-corrected chi connectivity index (χ1v) is 10.6. The molecule has 1 N–H and O–H groups in total. The zero-order valence-electron chi connectivity index (χ0n) is 15.3. The van der Waals surface area contributed by atoms with E-state index in [9.17, 15) is 4.79 Å². The Morgan fingerprint density at radius 3 is 2.62 bits per heavy atom. The number of aromatic nitrogens is 1. The molecule has 0 unspecified atom stereocenters. The molecule has 0 radical (unpaired) electrons. The standard InChI is InChI=1S/C21H16Cl3N3OS/c1-13(21(28)27-19-11-15(22)4-9-18(19)23)29-17-7-5-16(6-8-17)26-12-14-3-2-10-25-20(14)24/h2-13H,1H3,(H,27,28)/t13-/m1/s1. The van der Waals surface area contributed by atoms with E-state index in [2.05, 4.69) is 15.3 Å². The van der Waals surface area contributed by atoms with Gasteiger partial charge < -0.3 is 5.32 Å². The highest BCUT2D eigenvalue weighted by atomic mass is 35.5. The Bertz CT molecular complexity index is 1040. The number of carbonyl (C=O) groups is 1. The van der Waals surface area contributed by atoms with Crippen LogP contribution >= 0.6 is 46.6 Å². The largest absolute Gasteiger partial charge is 0.324 e. The first-order chi connectivity index (χ1) is 13.9. The van der Waals surface area contributed by atoms with Crippen LogP contribution in [0.1, 0.15) is 12.5 Å². The molecule has 0 fully saturated rings. The number of aliphatic imine (C=N–C) groups is 1. The Morgan fingerprint density at radius 2 is 1.90 bits per heavy atom. The minimum absolute atomic E-state index is 0.160. The number of nitrogens with one attached hydrogen (secondary N) is 1. The second-order valence-electron chi connectivity index (χ2n) is 6.01. The van der Waals surface area contributed by atoms with Crippen LogP contribution in [0.5, 0.6) is 0 Å². The Balaban J connectivity index is 1.61. The lowest BCUT2D eigenvalue weighted by Crippen LogP contribution is -2.22. The van der Waals surface area contributed by atoms with E-state index >= 15 is 0 Å². The average Bonchev–Trinajstić information content (AvgIpc) is 2.71. The van der Waals surface area contributed by atoms with E-state index in [0.717, 1.165) is 16.1 Å². The molecule has 29 heavy (non-hydrogen) atoms. The summed E-state index contributed by atoms with van der Waals surface area (Å²) in [6.45, 7) is 1.83. The number of halogens is 3. The number of nitrogens with zero attached hydrogens (tertiary/aromatic N) is 2. The number of hydrogen-bond donors (Lipinski definition) is 1. The molecule has 0 spiro atoms. The summed E-state index contributed by atoms with van der Waals surface area (Å²) in [5, 5.41) is 3.84. The van der Waals surface area contributed by atoms with Gasteiger partial charge in [0.15, 0.2) is 0 Å². The van der Waals surface area contributed by atoms with Crippen LogP contribution in [0.4, 0.5) is 11.4 Å². The number of rotatable bonds is 6. The fourth-order valence-electron chi connectivity index (χ4n) is 2.33. The van der Waals surface area contributed by atoms with E-state index in [1.54, 1.807) is 36.7 Å². The van der Waals surface area contributed by atoms with E-state index in [0.29, 0.717) is 20.9 Å². The van der Waals surface area contributed by atoms with Gasteiger partial charge in [0.05, 0.1) is 21.6 Å². The molecule has 3 rings (SSSR count). The lowest BCUT2D eigenvalue weighted by molar-refractivity contribution is -0.115. The highest BCUT2D eigenvalue weighted by molar-refractivity contribution is 8.00. The third kappa shape index (κ3) is 6.21. The summed E-state index contributed by atoms with van der Waals surface area (Å²) in [6.07, 6.45) is 3.30. The molecular formula is C21H16Cl3N3OS. The van der Waals surface area contributed by atoms with Gasteiger partial charge in [-0.2, -0.15) is 0 Å². The first kappa shape index (κ1) is 21.7. The van der Waals surface area contributed by atoms with Crippen molar-refractivity contribution in [2.24, 2.45) is 4.99 Å². The lowest BCUT2D eigenvalue weighted by Gasteiger charge is -2.13. The van der Waals surface area contributed by atoms with Gasteiger partial charge in [0.2, 0.25) is 5.91 Å². The molecule has 0 saturated carbocycles. The van der Waals surface area contributed by atoms with Crippen molar-refractivity contribution < 1.29 is 4.79 Å². The number of amides is 1. The van der Waals surface area contributed by atoms with Crippen LogP contribution in [-0.4, -0.2) is 22.4 Å².